The van der Waals surface area contributed by atoms with Gasteiger partial charge in [0.1, 0.15) is 5.01 Å². The first kappa shape index (κ1) is 12.5. The van der Waals surface area contributed by atoms with Gasteiger partial charge in [-0.15, -0.1) is 11.3 Å². The van der Waals surface area contributed by atoms with E-state index in [1.165, 1.54) is 6.42 Å². The Morgan fingerprint density at radius 3 is 2.88 bits per heavy atom. The molecule has 1 aliphatic rings. The van der Waals surface area contributed by atoms with Gasteiger partial charge in [0.15, 0.2) is 0 Å². The maximum absolute atomic E-state index is 12.0. The molecular formula is C12H19N3OS. The number of hydrogen-bond donors (Lipinski definition) is 1. The van der Waals surface area contributed by atoms with Crippen molar-refractivity contribution in [1.29, 1.82) is 0 Å². The van der Waals surface area contributed by atoms with E-state index in [0.717, 1.165) is 43.1 Å². The average Bonchev–Trinajstić information content (AvgIpc) is 2.78. The van der Waals surface area contributed by atoms with Crippen LogP contribution in [0, 0.1) is 0 Å². The second-order valence-corrected chi connectivity index (χ2v) is 5.33. The molecular weight excluding hydrogens is 234 g/mol. The van der Waals surface area contributed by atoms with Crippen LogP contribution in [0.5, 0.6) is 0 Å². The van der Waals surface area contributed by atoms with E-state index in [1.807, 2.05) is 10.3 Å². The standard InChI is InChI=1S/C12H19N3OS/c13-5-4-10-9-17-11(14-10)8-12(16)15-6-2-1-3-7-15/h9H,1-8,13H2. The molecule has 0 spiro atoms. The van der Waals surface area contributed by atoms with E-state index in [9.17, 15) is 4.79 Å². The summed E-state index contributed by atoms with van der Waals surface area (Å²) in [6, 6.07) is 0. The second kappa shape index (κ2) is 6.12. The Morgan fingerprint density at radius 1 is 1.41 bits per heavy atom. The van der Waals surface area contributed by atoms with Gasteiger partial charge < -0.3 is 10.6 Å². The summed E-state index contributed by atoms with van der Waals surface area (Å²) in [5.41, 5.74) is 6.49. The minimum absolute atomic E-state index is 0.221. The molecule has 94 valence electrons. The molecule has 1 fully saturated rings. The maximum atomic E-state index is 12.0. The normalized spacial score (nSPS) is 16.2. The van der Waals surface area contributed by atoms with Crippen molar-refractivity contribution in [1.82, 2.24) is 9.88 Å². The van der Waals surface area contributed by atoms with Crippen LogP contribution in [-0.2, 0) is 17.6 Å². The summed E-state index contributed by atoms with van der Waals surface area (Å²) in [5, 5.41) is 2.93. The topological polar surface area (TPSA) is 59.2 Å². The Morgan fingerprint density at radius 2 is 2.18 bits per heavy atom. The fraction of sp³-hybridized carbons (Fsp3) is 0.667. The molecule has 2 N–H and O–H groups in total. The van der Waals surface area contributed by atoms with Crippen molar-refractivity contribution in [2.45, 2.75) is 32.1 Å². The third kappa shape index (κ3) is 3.51. The highest BCUT2D eigenvalue weighted by molar-refractivity contribution is 7.09. The quantitative estimate of drug-likeness (QED) is 0.877. The van der Waals surface area contributed by atoms with Crippen LogP contribution in [0.25, 0.3) is 0 Å². The predicted octanol–water partition coefficient (Wildman–Crippen LogP) is 1.20. The summed E-state index contributed by atoms with van der Waals surface area (Å²) < 4.78 is 0. The van der Waals surface area contributed by atoms with E-state index in [2.05, 4.69) is 4.98 Å². The number of carbonyl (C=O) groups excluding carboxylic acids is 1. The van der Waals surface area contributed by atoms with Crippen molar-refractivity contribution in [3.63, 3.8) is 0 Å². The van der Waals surface area contributed by atoms with Gasteiger partial charge in [-0.05, 0) is 25.8 Å². The van der Waals surface area contributed by atoms with Crippen LogP contribution < -0.4 is 5.73 Å². The number of likely N-dealkylation sites (tertiary alicyclic amines) is 1. The summed E-state index contributed by atoms with van der Waals surface area (Å²) in [5.74, 6) is 0.221. The second-order valence-electron chi connectivity index (χ2n) is 4.39. The molecule has 0 aromatic carbocycles. The van der Waals surface area contributed by atoms with E-state index < -0.39 is 0 Å². The first-order valence-corrected chi connectivity index (χ1v) is 7.08. The third-order valence-corrected chi connectivity index (χ3v) is 3.91. The first-order chi connectivity index (χ1) is 8.29. The van der Waals surface area contributed by atoms with E-state index in [4.69, 9.17) is 5.73 Å². The zero-order chi connectivity index (χ0) is 12.1. The fourth-order valence-corrected chi connectivity index (χ4v) is 2.90. The molecule has 0 bridgehead atoms. The van der Waals surface area contributed by atoms with Gasteiger partial charge in [0.2, 0.25) is 5.91 Å². The van der Waals surface area contributed by atoms with Gasteiger partial charge in [-0.2, -0.15) is 0 Å². The van der Waals surface area contributed by atoms with E-state index in [0.29, 0.717) is 13.0 Å². The zero-order valence-corrected chi connectivity index (χ0v) is 10.8. The van der Waals surface area contributed by atoms with Crippen molar-refractivity contribution in [2.75, 3.05) is 19.6 Å². The third-order valence-electron chi connectivity index (χ3n) is 3.01. The molecule has 1 saturated heterocycles. The molecule has 0 saturated carbocycles. The van der Waals surface area contributed by atoms with E-state index >= 15 is 0 Å². The lowest BCUT2D eigenvalue weighted by Gasteiger charge is -2.26. The highest BCUT2D eigenvalue weighted by Crippen LogP contribution is 2.14. The van der Waals surface area contributed by atoms with Crippen LogP contribution in [0.1, 0.15) is 30.0 Å². The Bertz CT molecular complexity index is 372. The predicted molar refractivity (Wildman–Crippen MR) is 69.0 cm³/mol. The molecule has 17 heavy (non-hydrogen) atoms. The van der Waals surface area contributed by atoms with Crippen LogP contribution in [0.15, 0.2) is 5.38 Å². The molecule has 2 rings (SSSR count). The Kier molecular flexibility index (Phi) is 4.50. The van der Waals surface area contributed by atoms with Crippen molar-refractivity contribution in [2.24, 2.45) is 5.73 Å². The minimum Gasteiger partial charge on any atom is -0.342 e. The molecule has 1 aliphatic heterocycles. The molecule has 4 nitrogen and oxygen atoms in total. The van der Waals surface area contributed by atoms with Gasteiger partial charge in [-0.3, -0.25) is 4.79 Å². The Hall–Kier alpha value is -0.940. The van der Waals surface area contributed by atoms with Crippen LogP contribution in [-0.4, -0.2) is 35.4 Å². The summed E-state index contributed by atoms with van der Waals surface area (Å²) in [6.07, 6.45) is 4.79. The van der Waals surface area contributed by atoms with Gasteiger partial charge in [-0.25, -0.2) is 4.98 Å². The SMILES string of the molecule is NCCc1csc(CC(=O)N2CCCCC2)n1. The number of rotatable bonds is 4. The van der Waals surface area contributed by atoms with Gasteiger partial charge in [-0.1, -0.05) is 0 Å². The smallest absolute Gasteiger partial charge is 0.229 e. The minimum atomic E-state index is 0.221. The lowest BCUT2D eigenvalue weighted by molar-refractivity contribution is -0.131. The fourth-order valence-electron chi connectivity index (χ4n) is 2.08. The molecule has 0 atom stereocenters. The number of thiazole rings is 1. The van der Waals surface area contributed by atoms with Crippen molar-refractivity contribution in [3.8, 4) is 0 Å². The van der Waals surface area contributed by atoms with Gasteiger partial charge in [0.25, 0.3) is 0 Å². The number of carbonyl (C=O) groups is 1. The first-order valence-electron chi connectivity index (χ1n) is 6.20. The van der Waals surface area contributed by atoms with Gasteiger partial charge >= 0.3 is 0 Å². The van der Waals surface area contributed by atoms with Crippen LogP contribution in [0.3, 0.4) is 0 Å². The highest BCUT2D eigenvalue weighted by Gasteiger charge is 2.17. The van der Waals surface area contributed by atoms with Crippen LogP contribution in [0.4, 0.5) is 0 Å². The molecule has 1 amide bonds. The molecule has 5 heteroatoms. The Labute approximate surface area is 106 Å². The number of piperidine rings is 1. The monoisotopic (exact) mass is 253 g/mol. The van der Waals surface area contributed by atoms with E-state index in [-0.39, 0.29) is 5.91 Å². The molecule has 1 aromatic rings. The molecule has 0 radical (unpaired) electrons. The Balaban J connectivity index is 1.88. The van der Waals surface area contributed by atoms with Crippen molar-refractivity contribution < 1.29 is 4.79 Å². The summed E-state index contributed by atoms with van der Waals surface area (Å²) in [7, 11) is 0. The maximum Gasteiger partial charge on any atom is 0.229 e. The lowest BCUT2D eigenvalue weighted by atomic mass is 10.1. The molecule has 0 aliphatic carbocycles. The number of nitrogens with two attached hydrogens (primary N) is 1. The van der Waals surface area contributed by atoms with E-state index in [1.54, 1.807) is 11.3 Å². The number of aromatic nitrogens is 1. The van der Waals surface area contributed by atoms with Crippen LogP contribution in [0.2, 0.25) is 0 Å². The van der Waals surface area contributed by atoms with Gasteiger partial charge in [0, 0.05) is 24.9 Å². The summed E-state index contributed by atoms with van der Waals surface area (Å²) in [4.78, 5) is 18.4. The largest absolute Gasteiger partial charge is 0.342 e. The van der Waals surface area contributed by atoms with Crippen molar-refractivity contribution >= 4 is 17.2 Å². The number of hydrogen-bond acceptors (Lipinski definition) is 4. The zero-order valence-electron chi connectivity index (χ0n) is 10.0. The highest BCUT2D eigenvalue weighted by atomic mass is 32.1. The average molecular weight is 253 g/mol. The molecule has 0 unspecified atom stereocenters. The summed E-state index contributed by atoms with van der Waals surface area (Å²) >= 11 is 1.57. The number of amides is 1. The molecule has 1 aromatic heterocycles. The molecule has 2 heterocycles. The number of nitrogens with zero attached hydrogens (tertiary/aromatic N) is 2. The van der Waals surface area contributed by atoms with Crippen LogP contribution >= 0.6 is 11.3 Å². The van der Waals surface area contributed by atoms with Crippen molar-refractivity contribution in [3.05, 3.63) is 16.1 Å². The van der Waals surface area contributed by atoms with Gasteiger partial charge in [0.05, 0.1) is 12.1 Å². The lowest BCUT2D eigenvalue weighted by Crippen LogP contribution is -2.36. The summed E-state index contributed by atoms with van der Waals surface area (Å²) in [6.45, 7) is 2.45.